The molecule has 7 N–H and O–H groups in total. The van der Waals surface area contributed by atoms with E-state index in [2.05, 4.69) is 20.5 Å². The first kappa shape index (κ1) is 36.9. The number of pyridine rings is 1. The summed E-state index contributed by atoms with van der Waals surface area (Å²) in [5.41, 5.74) is 1.71. The van der Waals surface area contributed by atoms with Crippen molar-refractivity contribution in [1.29, 1.82) is 0 Å². The third-order valence-electron chi connectivity index (χ3n) is 6.42. The number of piperidine rings is 1. The van der Waals surface area contributed by atoms with Gasteiger partial charge in [0.05, 0.1) is 25.3 Å². The lowest BCUT2D eigenvalue weighted by Crippen LogP contribution is -2.45. The highest BCUT2D eigenvalue weighted by Gasteiger charge is 2.23. The number of aromatic nitrogens is 1. The van der Waals surface area contributed by atoms with Crippen LogP contribution in [-0.2, 0) is 24.0 Å². The third-order valence-corrected chi connectivity index (χ3v) is 6.42. The molecule has 0 spiro atoms. The van der Waals surface area contributed by atoms with Crippen molar-refractivity contribution in [3.05, 3.63) is 65.9 Å². The van der Waals surface area contributed by atoms with Crippen LogP contribution < -0.4 is 15.4 Å². The molecular weight excluding hydrogens is 618 g/mol. The Bertz CT molecular complexity index is 1480. The van der Waals surface area contributed by atoms with Gasteiger partial charge >= 0.3 is 23.9 Å². The van der Waals surface area contributed by atoms with Gasteiger partial charge in [0, 0.05) is 35.9 Å². The van der Waals surface area contributed by atoms with Crippen LogP contribution in [0.5, 0.6) is 5.75 Å². The van der Waals surface area contributed by atoms with E-state index >= 15 is 0 Å². The van der Waals surface area contributed by atoms with Crippen molar-refractivity contribution < 1.29 is 63.0 Å². The number of benzene rings is 2. The van der Waals surface area contributed by atoms with E-state index in [0.717, 1.165) is 60.6 Å². The minimum atomic E-state index is -1.82. The van der Waals surface area contributed by atoms with Gasteiger partial charge < -0.3 is 45.8 Å². The SMILES string of the molecule is COc1ccc2nccc([C@@H](O)CN3CCC(NCC(=O)Nc4cc(F)cc(F)c4)CC3)c2c1.O=C(O)C(=O)O.O=C(O)C(=O)O. The molecule has 0 unspecified atom stereocenters. The van der Waals surface area contributed by atoms with E-state index in [-0.39, 0.29) is 24.2 Å². The number of aliphatic carboxylic acids is 4. The Hall–Kier alpha value is -5.26. The van der Waals surface area contributed by atoms with Crippen LogP contribution in [0.3, 0.4) is 0 Å². The van der Waals surface area contributed by atoms with Gasteiger partial charge in [-0.05, 0) is 67.9 Å². The highest BCUT2D eigenvalue weighted by atomic mass is 19.1. The predicted molar refractivity (Wildman–Crippen MR) is 156 cm³/mol. The maximum atomic E-state index is 13.3. The van der Waals surface area contributed by atoms with Gasteiger partial charge in [-0.15, -0.1) is 0 Å². The van der Waals surface area contributed by atoms with Crippen LogP contribution in [-0.4, -0.2) is 105 Å². The fraction of sp³-hybridized carbons (Fsp3) is 0.310. The normalized spacial score (nSPS) is 13.7. The van der Waals surface area contributed by atoms with Crippen molar-refractivity contribution >= 4 is 46.4 Å². The molecule has 4 rings (SSSR count). The van der Waals surface area contributed by atoms with E-state index < -0.39 is 41.6 Å². The number of rotatable bonds is 8. The van der Waals surface area contributed by atoms with E-state index in [4.69, 9.17) is 44.3 Å². The fourth-order valence-electron chi connectivity index (χ4n) is 4.29. The van der Waals surface area contributed by atoms with Crippen molar-refractivity contribution in [2.75, 3.05) is 38.6 Å². The molecule has 1 saturated heterocycles. The number of anilines is 1. The zero-order chi connectivity index (χ0) is 34.4. The number of carboxylic acid groups (broad SMARTS) is 4. The summed E-state index contributed by atoms with van der Waals surface area (Å²) in [6.45, 7) is 2.10. The molecule has 3 aromatic rings. The van der Waals surface area contributed by atoms with E-state index in [9.17, 15) is 18.7 Å². The third kappa shape index (κ3) is 12.4. The summed E-state index contributed by atoms with van der Waals surface area (Å²) >= 11 is 0. The number of halogens is 2. The molecule has 1 atom stereocenters. The lowest BCUT2D eigenvalue weighted by atomic mass is 10.0. The van der Waals surface area contributed by atoms with Crippen LogP contribution in [0, 0.1) is 11.6 Å². The number of carboxylic acids is 4. The summed E-state index contributed by atoms with van der Waals surface area (Å²) in [6.07, 6.45) is 2.67. The molecule has 2 aromatic carbocycles. The molecule has 2 heterocycles. The van der Waals surface area contributed by atoms with Gasteiger partial charge in [0.2, 0.25) is 5.91 Å². The zero-order valence-electron chi connectivity index (χ0n) is 24.4. The van der Waals surface area contributed by atoms with Crippen LogP contribution in [0.15, 0.2) is 48.7 Å². The van der Waals surface area contributed by atoms with Crippen LogP contribution in [0.4, 0.5) is 14.5 Å². The Morgan fingerprint density at radius 3 is 2.00 bits per heavy atom. The quantitative estimate of drug-likeness (QED) is 0.171. The molecule has 0 saturated carbocycles. The highest BCUT2D eigenvalue weighted by Crippen LogP contribution is 2.27. The number of β-amino-alcohol motifs (C(OH)–C–C–N with tert-alkyl or cyclic N) is 1. The Morgan fingerprint density at radius 2 is 1.48 bits per heavy atom. The molecule has 1 aliphatic heterocycles. The molecule has 0 aliphatic carbocycles. The van der Waals surface area contributed by atoms with Crippen LogP contribution in [0.2, 0.25) is 0 Å². The first-order valence-corrected chi connectivity index (χ1v) is 13.4. The molecule has 15 nitrogen and oxygen atoms in total. The number of methoxy groups -OCH3 is 1. The number of fused-ring (bicyclic) bond motifs is 1. The zero-order valence-corrected chi connectivity index (χ0v) is 24.4. The van der Waals surface area contributed by atoms with Crippen molar-refractivity contribution in [1.82, 2.24) is 15.2 Å². The molecule has 248 valence electrons. The molecule has 1 aromatic heterocycles. The highest BCUT2D eigenvalue weighted by molar-refractivity contribution is 6.27. The molecule has 17 heteroatoms. The molecule has 0 bridgehead atoms. The topological polar surface area (TPSA) is 236 Å². The number of aliphatic hydroxyl groups is 1. The summed E-state index contributed by atoms with van der Waals surface area (Å²) in [7, 11) is 1.61. The van der Waals surface area contributed by atoms with Gasteiger partial charge in [-0.1, -0.05) is 0 Å². The summed E-state index contributed by atoms with van der Waals surface area (Å²) in [5.74, 6) is -8.42. The average Bonchev–Trinajstić information content (AvgIpc) is 3.00. The van der Waals surface area contributed by atoms with Crippen molar-refractivity contribution in [2.45, 2.75) is 25.0 Å². The standard InChI is InChI=1S/C25H28F2N4O3.2C2H2O4/c1-34-20-2-3-23-22(13-20)21(4-7-28-23)24(32)15-31-8-5-18(6-9-31)29-14-25(33)30-19-11-16(26)10-17(27)12-19;2*3-1(4)2(5)6/h2-4,7,10-13,18,24,29,32H,5-6,8-9,14-15H2,1H3,(H,30,33);2*(H,3,4)(H,5,6)/t24-;;/m0../s1. The van der Waals surface area contributed by atoms with Gasteiger partial charge in [-0.25, -0.2) is 28.0 Å². The minimum Gasteiger partial charge on any atom is -0.497 e. The maximum absolute atomic E-state index is 13.3. The van der Waals surface area contributed by atoms with Gasteiger partial charge in [0.1, 0.15) is 17.4 Å². The van der Waals surface area contributed by atoms with Crippen LogP contribution in [0.25, 0.3) is 10.9 Å². The summed E-state index contributed by atoms with van der Waals surface area (Å²) in [4.78, 5) is 55.1. The lowest BCUT2D eigenvalue weighted by Gasteiger charge is -2.33. The van der Waals surface area contributed by atoms with Crippen molar-refractivity contribution in [2.24, 2.45) is 0 Å². The second-order valence-electron chi connectivity index (χ2n) is 9.68. The average molecular weight is 651 g/mol. The van der Waals surface area contributed by atoms with Crippen LogP contribution in [0.1, 0.15) is 24.5 Å². The minimum absolute atomic E-state index is 0.0518. The molecule has 1 amide bonds. The van der Waals surface area contributed by atoms with Gasteiger partial charge in [-0.3, -0.25) is 9.78 Å². The number of hydrogen-bond acceptors (Lipinski definition) is 10. The number of amides is 1. The number of nitrogens with one attached hydrogen (secondary N) is 2. The van der Waals surface area contributed by atoms with Gasteiger partial charge in [0.15, 0.2) is 0 Å². The Balaban J connectivity index is 0.000000522. The second-order valence-corrected chi connectivity index (χ2v) is 9.68. The molecular formula is C29H32F2N4O11. The van der Waals surface area contributed by atoms with E-state index in [1.54, 1.807) is 13.3 Å². The fourth-order valence-corrected chi connectivity index (χ4v) is 4.29. The Morgan fingerprint density at radius 1 is 0.913 bits per heavy atom. The number of hydrogen-bond donors (Lipinski definition) is 7. The maximum Gasteiger partial charge on any atom is 0.414 e. The summed E-state index contributed by atoms with van der Waals surface area (Å²) in [5, 5.41) is 47.1. The molecule has 46 heavy (non-hydrogen) atoms. The lowest BCUT2D eigenvalue weighted by molar-refractivity contribution is -0.159. The number of carbonyl (C=O) groups excluding carboxylic acids is 1. The first-order chi connectivity index (χ1) is 21.7. The van der Waals surface area contributed by atoms with Gasteiger partial charge in [0.25, 0.3) is 0 Å². The van der Waals surface area contributed by atoms with Gasteiger partial charge in [-0.2, -0.15) is 0 Å². The number of aliphatic hydroxyl groups excluding tert-OH is 1. The van der Waals surface area contributed by atoms with Crippen LogP contribution >= 0.6 is 0 Å². The van der Waals surface area contributed by atoms with E-state index in [0.29, 0.717) is 12.3 Å². The Kier molecular flexibility index (Phi) is 14.4. The first-order valence-electron chi connectivity index (χ1n) is 13.4. The molecule has 0 radical (unpaired) electrons. The molecule has 1 fully saturated rings. The Labute approximate surface area is 260 Å². The van der Waals surface area contributed by atoms with Crippen molar-refractivity contribution in [3.8, 4) is 5.75 Å². The number of likely N-dealkylation sites (tertiary alicyclic amines) is 1. The summed E-state index contributed by atoms with van der Waals surface area (Å²) < 4.78 is 31.8. The number of nitrogens with zero attached hydrogens (tertiary/aromatic N) is 2. The summed E-state index contributed by atoms with van der Waals surface area (Å²) in [6, 6.07) is 10.5. The largest absolute Gasteiger partial charge is 0.497 e. The van der Waals surface area contributed by atoms with E-state index in [1.807, 2.05) is 24.3 Å². The monoisotopic (exact) mass is 650 g/mol. The second kappa shape index (κ2) is 17.9. The predicted octanol–water partition coefficient (Wildman–Crippen LogP) is 1.56. The smallest absolute Gasteiger partial charge is 0.414 e. The van der Waals surface area contributed by atoms with Crippen molar-refractivity contribution in [3.63, 3.8) is 0 Å². The number of ether oxygens (including phenoxy) is 1. The molecule has 1 aliphatic rings. The van der Waals surface area contributed by atoms with E-state index in [1.165, 1.54) is 0 Å². The number of carbonyl (C=O) groups is 5.